The van der Waals surface area contributed by atoms with E-state index in [-0.39, 0.29) is 12.4 Å². The van der Waals surface area contributed by atoms with Crippen molar-refractivity contribution in [1.82, 2.24) is 0 Å². The monoisotopic (exact) mass is 485 g/mol. The van der Waals surface area contributed by atoms with Gasteiger partial charge in [0.05, 0.1) is 25.7 Å². The van der Waals surface area contributed by atoms with E-state index < -0.39 is 13.4 Å². The van der Waals surface area contributed by atoms with Crippen LogP contribution in [0.2, 0.25) is 0 Å². The summed E-state index contributed by atoms with van der Waals surface area (Å²) in [6.45, 7) is 1.44. The molecule has 4 N–H and O–H groups in total. The average Bonchev–Trinajstić information content (AvgIpc) is 3.22. The summed E-state index contributed by atoms with van der Waals surface area (Å²) in [4.78, 5) is 31.9. The quantitative estimate of drug-likeness (QED) is 0.207. The smallest absolute Gasteiger partial charge is 0.469 e. The Balaban J connectivity index is 1.76. The molecule has 10 heteroatoms. The highest BCUT2D eigenvalue weighted by Crippen LogP contribution is 2.37. The number of nitrogens with two attached hydrogens (primary N) is 1. The van der Waals surface area contributed by atoms with Gasteiger partial charge in [-0.3, -0.25) is 9.32 Å². The Morgan fingerprint density at radius 1 is 1.09 bits per heavy atom. The molecule has 178 valence electrons. The van der Waals surface area contributed by atoms with Crippen molar-refractivity contribution in [3.63, 3.8) is 0 Å². The van der Waals surface area contributed by atoms with E-state index in [1.54, 1.807) is 21.1 Å². The van der Waals surface area contributed by atoms with E-state index in [0.717, 1.165) is 34.6 Å². The molecule has 0 amide bonds. The lowest BCUT2D eigenvalue weighted by molar-refractivity contribution is 0.0983. The maximum absolute atomic E-state index is 12.5. The lowest BCUT2D eigenvalue weighted by atomic mass is 9.98. The predicted octanol–water partition coefficient (Wildman–Crippen LogP) is 4.12. The molecule has 1 aromatic heterocycles. The zero-order valence-corrected chi connectivity index (χ0v) is 20.4. The van der Waals surface area contributed by atoms with E-state index in [0.29, 0.717) is 30.8 Å². The first-order chi connectivity index (χ1) is 15.0. The van der Waals surface area contributed by atoms with Crippen LogP contribution in [0.3, 0.4) is 0 Å². The number of methoxy groups -OCH3 is 2. The highest BCUT2D eigenvalue weighted by Gasteiger charge is 2.24. The van der Waals surface area contributed by atoms with E-state index >= 15 is 0 Å². The molecule has 0 saturated carbocycles. The number of ketones is 1. The van der Waals surface area contributed by atoms with Crippen LogP contribution < -0.4 is 15.2 Å². The van der Waals surface area contributed by atoms with Gasteiger partial charge in [-0.1, -0.05) is 6.07 Å². The summed E-state index contributed by atoms with van der Waals surface area (Å²) >= 11 is 1.44. The van der Waals surface area contributed by atoms with Gasteiger partial charge in [-0.2, -0.15) is 0 Å². The lowest BCUT2D eigenvalue weighted by Gasteiger charge is -2.24. The van der Waals surface area contributed by atoms with Gasteiger partial charge in [-0.15, -0.1) is 11.3 Å². The lowest BCUT2D eigenvalue weighted by Crippen LogP contribution is -2.41. The Kier molecular flexibility index (Phi) is 9.88. The van der Waals surface area contributed by atoms with E-state index in [1.165, 1.54) is 11.3 Å². The second-order valence-electron chi connectivity index (χ2n) is 8.00. The number of hydrogen-bond donors (Lipinski definition) is 3. The number of Topliss-reactive ketones (excluding diaryl/α,β-unsaturated/α-hetero) is 1. The van der Waals surface area contributed by atoms with Crippen LogP contribution in [-0.2, 0) is 21.9 Å². The van der Waals surface area contributed by atoms with Crippen molar-refractivity contribution in [3.05, 3.63) is 45.6 Å². The molecule has 2 aromatic rings. The number of rotatable bonds is 14. The fourth-order valence-electron chi connectivity index (χ4n) is 3.15. The number of carbonyl (C=O) groups is 1. The first-order valence-corrected chi connectivity index (χ1v) is 12.7. The number of ether oxygens (including phenoxy) is 2. The number of aryl methyl sites for hydroxylation is 2. The number of benzene rings is 1. The summed E-state index contributed by atoms with van der Waals surface area (Å²) in [5, 5.41) is 0. The molecule has 2 rings (SSSR count). The van der Waals surface area contributed by atoms with Crippen molar-refractivity contribution >= 4 is 24.9 Å². The Morgan fingerprint density at radius 3 is 2.47 bits per heavy atom. The molecule has 32 heavy (non-hydrogen) atoms. The van der Waals surface area contributed by atoms with Crippen molar-refractivity contribution in [3.8, 4) is 11.5 Å². The average molecular weight is 486 g/mol. The minimum Gasteiger partial charge on any atom is -0.493 e. The first-order valence-electron chi connectivity index (χ1n) is 10.3. The highest BCUT2D eigenvalue weighted by molar-refractivity contribution is 7.46. The second kappa shape index (κ2) is 11.9. The zero-order valence-electron chi connectivity index (χ0n) is 18.7. The number of carbonyl (C=O) groups excluding carboxylic acids is 1. The van der Waals surface area contributed by atoms with Gasteiger partial charge in [0.2, 0.25) is 0 Å². The van der Waals surface area contributed by atoms with E-state index in [9.17, 15) is 9.36 Å². The van der Waals surface area contributed by atoms with Crippen LogP contribution in [0, 0.1) is 0 Å². The summed E-state index contributed by atoms with van der Waals surface area (Å²) in [5.41, 5.74) is 6.32. The molecule has 0 fully saturated rings. The third-order valence-corrected chi connectivity index (χ3v) is 6.66. The normalized spacial score (nSPS) is 13.6. The van der Waals surface area contributed by atoms with Crippen molar-refractivity contribution in [2.45, 2.75) is 51.0 Å². The molecule has 0 saturated heterocycles. The molecule has 8 nitrogen and oxygen atoms in total. The van der Waals surface area contributed by atoms with Crippen molar-refractivity contribution < 1.29 is 33.1 Å². The van der Waals surface area contributed by atoms with Gasteiger partial charge >= 0.3 is 7.82 Å². The van der Waals surface area contributed by atoms with E-state index in [4.69, 9.17) is 25.0 Å². The topological polar surface area (TPSA) is 128 Å². The van der Waals surface area contributed by atoms with Crippen molar-refractivity contribution in [2.24, 2.45) is 5.73 Å². The fraction of sp³-hybridized carbons (Fsp3) is 0.500. The molecular weight excluding hydrogens is 453 g/mol. The minimum absolute atomic E-state index is 0.119. The number of hydrogen-bond acceptors (Lipinski definition) is 7. The summed E-state index contributed by atoms with van der Waals surface area (Å²) < 4.78 is 25.9. The molecular formula is C22H32NO7PS. The maximum atomic E-state index is 12.5. The van der Waals surface area contributed by atoms with Crippen LogP contribution in [0.4, 0.5) is 0 Å². The predicted molar refractivity (Wildman–Crippen MR) is 125 cm³/mol. The number of phosphoric acid groups is 1. The molecule has 0 aliphatic heterocycles. The van der Waals surface area contributed by atoms with Crippen LogP contribution >= 0.6 is 19.2 Å². The summed E-state index contributed by atoms with van der Waals surface area (Å²) in [6.07, 6.45) is 4.11. The highest BCUT2D eigenvalue weighted by atomic mass is 32.1. The molecule has 0 aliphatic carbocycles. The molecule has 1 unspecified atom stereocenters. The molecule has 1 atom stereocenters. The molecule has 0 bridgehead atoms. The Bertz CT molecular complexity index is 938. The van der Waals surface area contributed by atoms with Gasteiger partial charge in [-0.05, 0) is 68.9 Å². The Hall–Kier alpha value is -1.74. The van der Waals surface area contributed by atoms with Gasteiger partial charge in [0.1, 0.15) is 0 Å². The second-order valence-corrected chi connectivity index (χ2v) is 10.4. The van der Waals surface area contributed by atoms with Crippen molar-refractivity contribution in [2.75, 3.05) is 20.8 Å². The van der Waals surface area contributed by atoms with Gasteiger partial charge < -0.3 is 25.0 Å². The molecule has 0 spiro atoms. The first kappa shape index (κ1) is 26.5. The molecule has 0 radical (unpaired) electrons. The van der Waals surface area contributed by atoms with Crippen LogP contribution in [0.5, 0.6) is 11.5 Å². The van der Waals surface area contributed by atoms with Gasteiger partial charge in [0, 0.05) is 16.8 Å². The van der Waals surface area contributed by atoms with Crippen LogP contribution in [-0.4, -0.2) is 41.9 Å². The summed E-state index contributed by atoms with van der Waals surface area (Å²) in [5.74, 6) is 1.52. The van der Waals surface area contributed by atoms with E-state index in [1.807, 2.05) is 30.3 Å². The van der Waals surface area contributed by atoms with Crippen LogP contribution in [0.1, 0.15) is 52.7 Å². The standard InChI is InChI=1S/C22H32NO7PS/c1-22(23,15-30-31(25,26)27)13-12-17-9-11-21(32-17)18(24)7-5-4-6-16-8-10-19(28-2)20(14-16)29-3/h8-11,14H,4-7,12-13,15,23H2,1-3H3,(H2,25,26,27). The van der Waals surface area contributed by atoms with Crippen LogP contribution in [0.25, 0.3) is 0 Å². The number of thiophene rings is 1. The zero-order chi connectivity index (χ0) is 23.8. The molecule has 1 heterocycles. The van der Waals surface area contributed by atoms with Crippen LogP contribution in [0.15, 0.2) is 30.3 Å². The van der Waals surface area contributed by atoms with Gasteiger partial charge in [0.15, 0.2) is 17.3 Å². The SMILES string of the molecule is COc1ccc(CCCCC(=O)c2ccc(CCC(C)(N)COP(=O)(O)O)s2)cc1OC. The van der Waals surface area contributed by atoms with E-state index in [2.05, 4.69) is 4.52 Å². The summed E-state index contributed by atoms with van der Waals surface area (Å²) in [6, 6.07) is 9.59. The third kappa shape index (κ3) is 9.02. The number of phosphoric ester groups is 1. The fourth-order valence-corrected chi connectivity index (χ4v) is 4.59. The van der Waals surface area contributed by atoms with Gasteiger partial charge in [0.25, 0.3) is 0 Å². The third-order valence-electron chi connectivity index (χ3n) is 5.01. The maximum Gasteiger partial charge on any atom is 0.469 e. The number of unbranched alkanes of at least 4 members (excludes halogenated alkanes) is 1. The van der Waals surface area contributed by atoms with Crippen molar-refractivity contribution in [1.29, 1.82) is 0 Å². The van der Waals surface area contributed by atoms with Gasteiger partial charge in [-0.25, -0.2) is 4.57 Å². The summed E-state index contributed by atoms with van der Waals surface area (Å²) in [7, 11) is -1.33. The Morgan fingerprint density at radius 2 is 1.81 bits per heavy atom. The largest absolute Gasteiger partial charge is 0.493 e. The minimum atomic E-state index is -4.54. The molecule has 0 aliphatic rings. The molecule has 1 aromatic carbocycles. The Labute approximate surface area is 192 Å².